The SMILES string of the molecule is CC1CC2(CCN(C(=O)C3CCNC(C)C3OCc3ccccc3)CC2)c2c1n(CC(=O)Nc1ccc(C(F)(F)F)cc1Cl)c1nc(Br)nn1c2=O. The molecular weight excluding hydrogens is 767 g/mol. The number of hydrogen-bond acceptors (Lipinski definition) is 7. The van der Waals surface area contributed by atoms with E-state index in [4.69, 9.17) is 16.3 Å². The molecule has 52 heavy (non-hydrogen) atoms. The predicted molar refractivity (Wildman–Crippen MR) is 191 cm³/mol. The summed E-state index contributed by atoms with van der Waals surface area (Å²) in [5.41, 5.74) is 0.459. The Kier molecular flexibility index (Phi) is 10.00. The number of rotatable bonds is 7. The molecule has 2 amide bonds. The fraction of sp³-hybridized carbons (Fsp3) is 0.472. The number of alkyl halides is 3. The third kappa shape index (κ3) is 6.88. The number of halogens is 5. The largest absolute Gasteiger partial charge is 0.416 e. The highest BCUT2D eigenvalue weighted by Gasteiger charge is 2.50. The summed E-state index contributed by atoms with van der Waals surface area (Å²) in [6.45, 7) is 5.79. The molecule has 16 heteroatoms. The van der Waals surface area contributed by atoms with E-state index in [-0.39, 0.29) is 63.2 Å². The number of likely N-dealkylation sites (tertiary alicyclic amines) is 1. The van der Waals surface area contributed by atoms with Crippen LogP contribution in [-0.2, 0) is 39.1 Å². The first kappa shape index (κ1) is 36.6. The van der Waals surface area contributed by atoms with Crippen LogP contribution < -0.4 is 16.2 Å². The van der Waals surface area contributed by atoms with Crippen LogP contribution in [0, 0.1) is 5.92 Å². The lowest BCUT2D eigenvalue weighted by Crippen LogP contribution is -2.56. The summed E-state index contributed by atoms with van der Waals surface area (Å²) >= 11 is 9.39. The fourth-order valence-corrected chi connectivity index (χ4v) is 8.90. The molecule has 7 rings (SSSR count). The number of aromatic nitrogens is 4. The van der Waals surface area contributed by atoms with E-state index in [1.54, 1.807) is 4.57 Å². The highest BCUT2D eigenvalue weighted by atomic mass is 79.9. The Bertz CT molecular complexity index is 2070. The maximum atomic E-state index is 14.2. The lowest BCUT2D eigenvalue weighted by Gasteiger charge is -2.43. The number of nitrogens with one attached hydrogen (secondary N) is 2. The van der Waals surface area contributed by atoms with Gasteiger partial charge in [-0.05, 0) is 84.8 Å². The lowest BCUT2D eigenvalue weighted by atomic mass is 9.73. The zero-order valence-corrected chi connectivity index (χ0v) is 30.9. The molecule has 3 aliphatic rings. The number of nitrogens with zero attached hydrogens (tertiary/aromatic N) is 5. The monoisotopic (exact) mass is 803 g/mol. The summed E-state index contributed by atoms with van der Waals surface area (Å²) in [7, 11) is 0. The van der Waals surface area contributed by atoms with Crippen LogP contribution in [0.2, 0.25) is 5.02 Å². The molecule has 1 spiro atoms. The topological polar surface area (TPSA) is 123 Å². The Balaban J connectivity index is 1.13. The summed E-state index contributed by atoms with van der Waals surface area (Å²) in [5.74, 6) is -0.803. The van der Waals surface area contributed by atoms with Gasteiger partial charge in [-0.2, -0.15) is 22.7 Å². The Morgan fingerprint density at radius 1 is 1.13 bits per heavy atom. The Morgan fingerprint density at radius 2 is 1.87 bits per heavy atom. The standard InChI is InChI=1S/C36H38BrClF3N7O4/c1-20-17-35(11-14-46(15-12-35)31(50)24-10-13-42-21(2)30(24)52-19-22-6-4-3-5-7-22)28-29(20)47(34-44-33(37)45-48(34)32(28)51)18-27(49)43-26-9-8-23(16-25(26)38)36(39,40)41/h3-9,16,20-21,24,30,42H,10-15,17-19H2,1-2H3,(H,43,49). The first-order valence-electron chi connectivity index (χ1n) is 17.3. The van der Waals surface area contributed by atoms with Crippen molar-refractivity contribution in [2.75, 3.05) is 25.0 Å². The molecule has 4 atom stereocenters. The normalized spacial score (nSPS) is 22.9. The molecule has 4 unspecified atom stereocenters. The average Bonchev–Trinajstić information content (AvgIpc) is 3.64. The molecule has 276 valence electrons. The first-order chi connectivity index (χ1) is 24.8. The average molecular weight is 805 g/mol. The van der Waals surface area contributed by atoms with E-state index in [9.17, 15) is 27.6 Å². The number of hydrogen-bond donors (Lipinski definition) is 2. The number of carbonyl (C=O) groups is 2. The third-order valence-electron chi connectivity index (χ3n) is 10.8. The lowest BCUT2D eigenvalue weighted by molar-refractivity contribution is -0.146. The van der Waals surface area contributed by atoms with Crippen molar-refractivity contribution in [3.05, 3.63) is 91.0 Å². The fourth-order valence-electron chi connectivity index (χ4n) is 8.36. The molecule has 0 radical (unpaired) electrons. The minimum Gasteiger partial charge on any atom is -0.371 e. The van der Waals surface area contributed by atoms with Crippen LogP contribution in [0.15, 0.2) is 58.1 Å². The van der Waals surface area contributed by atoms with Gasteiger partial charge in [0.25, 0.3) is 5.56 Å². The number of amides is 2. The van der Waals surface area contributed by atoms with Gasteiger partial charge in [-0.15, -0.1) is 5.10 Å². The molecule has 4 aromatic rings. The second-order valence-corrected chi connectivity index (χ2v) is 15.2. The van der Waals surface area contributed by atoms with Crippen LogP contribution in [0.3, 0.4) is 0 Å². The molecule has 2 saturated heterocycles. The number of anilines is 1. The number of carbonyl (C=O) groups excluding carboxylic acids is 2. The van der Waals surface area contributed by atoms with Crippen LogP contribution in [0.4, 0.5) is 18.9 Å². The molecule has 0 saturated carbocycles. The molecule has 2 aromatic carbocycles. The molecule has 2 aromatic heterocycles. The minimum atomic E-state index is -4.59. The van der Waals surface area contributed by atoms with Crippen molar-refractivity contribution in [3.63, 3.8) is 0 Å². The van der Waals surface area contributed by atoms with E-state index in [1.165, 1.54) is 4.52 Å². The van der Waals surface area contributed by atoms with E-state index >= 15 is 0 Å². The maximum Gasteiger partial charge on any atom is 0.416 e. The number of benzene rings is 2. The molecule has 0 bridgehead atoms. The van der Waals surface area contributed by atoms with E-state index in [0.29, 0.717) is 63.2 Å². The first-order valence-corrected chi connectivity index (χ1v) is 18.5. The second-order valence-electron chi connectivity index (χ2n) is 14.1. The van der Waals surface area contributed by atoms with Crippen LogP contribution >= 0.6 is 27.5 Å². The van der Waals surface area contributed by atoms with Gasteiger partial charge in [0, 0.05) is 35.8 Å². The van der Waals surface area contributed by atoms with E-state index in [1.807, 2.05) is 49.1 Å². The van der Waals surface area contributed by atoms with Gasteiger partial charge in [-0.25, -0.2) is 0 Å². The zero-order valence-electron chi connectivity index (χ0n) is 28.6. The molecule has 11 nitrogen and oxygen atoms in total. The van der Waals surface area contributed by atoms with Gasteiger partial charge in [-0.3, -0.25) is 14.4 Å². The van der Waals surface area contributed by atoms with E-state index in [0.717, 1.165) is 23.8 Å². The van der Waals surface area contributed by atoms with Gasteiger partial charge in [0.2, 0.25) is 22.3 Å². The summed E-state index contributed by atoms with van der Waals surface area (Å²) in [4.78, 5) is 48.0. The van der Waals surface area contributed by atoms with Crippen molar-refractivity contribution in [1.82, 2.24) is 29.4 Å². The number of fused-ring (bicyclic) bond motifs is 3. The zero-order chi connectivity index (χ0) is 36.9. The molecule has 1 aliphatic carbocycles. The highest BCUT2D eigenvalue weighted by Crippen LogP contribution is 2.50. The second kappa shape index (κ2) is 14.2. The highest BCUT2D eigenvalue weighted by molar-refractivity contribution is 9.10. The summed E-state index contributed by atoms with van der Waals surface area (Å²) in [6.07, 6.45) is -2.48. The smallest absolute Gasteiger partial charge is 0.371 e. The van der Waals surface area contributed by atoms with Gasteiger partial charge < -0.3 is 24.8 Å². The molecule has 2 aliphatic heterocycles. The van der Waals surface area contributed by atoms with Gasteiger partial charge >= 0.3 is 6.18 Å². The van der Waals surface area contributed by atoms with Gasteiger partial charge in [-0.1, -0.05) is 48.9 Å². The van der Waals surface area contributed by atoms with Gasteiger partial charge in [0.1, 0.15) is 6.54 Å². The Hall–Kier alpha value is -3.79. The molecule has 2 fully saturated rings. The van der Waals surface area contributed by atoms with Crippen molar-refractivity contribution in [2.24, 2.45) is 5.92 Å². The number of ether oxygens (including phenoxy) is 1. The summed E-state index contributed by atoms with van der Waals surface area (Å²) in [5, 5.41) is 10.1. The van der Waals surface area contributed by atoms with Crippen LogP contribution in [0.1, 0.15) is 67.8 Å². The molecular formula is C36H38BrClF3N7O4. The van der Waals surface area contributed by atoms with Crippen molar-refractivity contribution < 1.29 is 27.5 Å². The van der Waals surface area contributed by atoms with Crippen LogP contribution in [0.5, 0.6) is 0 Å². The molecule has 4 heterocycles. The van der Waals surface area contributed by atoms with E-state index < -0.39 is 23.1 Å². The van der Waals surface area contributed by atoms with Gasteiger partial charge in [0.05, 0.1) is 34.9 Å². The predicted octanol–water partition coefficient (Wildman–Crippen LogP) is 5.92. The quantitative estimate of drug-likeness (QED) is 0.238. The summed E-state index contributed by atoms with van der Waals surface area (Å²) < 4.78 is 48.9. The van der Waals surface area contributed by atoms with Gasteiger partial charge in [0.15, 0.2) is 0 Å². The molecule has 2 N–H and O–H groups in total. The van der Waals surface area contributed by atoms with Crippen molar-refractivity contribution in [2.45, 2.75) is 82.3 Å². The third-order valence-corrected chi connectivity index (χ3v) is 11.4. The van der Waals surface area contributed by atoms with Crippen molar-refractivity contribution in [3.8, 4) is 0 Å². The summed E-state index contributed by atoms with van der Waals surface area (Å²) in [6, 6.07) is 12.6. The minimum absolute atomic E-state index is 0.000427. The van der Waals surface area contributed by atoms with E-state index in [2.05, 4.69) is 36.6 Å². The maximum absolute atomic E-state index is 14.2. The van der Waals surface area contributed by atoms with Crippen molar-refractivity contribution in [1.29, 1.82) is 0 Å². The Morgan fingerprint density at radius 3 is 2.56 bits per heavy atom. The Labute approximate surface area is 311 Å². The number of piperidine rings is 2. The van der Waals surface area contributed by atoms with Crippen molar-refractivity contribution >= 4 is 50.8 Å². The van der Waals surface area contributed by atoms with Crippen LogP contribution in [0.25, 0.3) is 5.78 Å². The van der Waals surface area contributed by atoms with Crippen LogP contribution in [-0.4, -0.2) is 67.7 Å².